The van der Waals surface area contributed by atoms with Crippen LogP contribution < -0.4 is 11.1 Å². The van der Waals surface area contributed by atoms with E-state index in [-0.39, 0.29) is 10.9 Å². The lowest BCUT2D eigenvalue weighted by molar-refractivity contribution is 0.102. The maximum Gasteiger partial charge on any atom is 0.255 e. The third-order valence-electron chi connectivity index (χ3n) is 2.53. The number of hydrogen-bond acceptors (Lipinski definition) is 2. The van der Waals surface area contributed by atoms with Crippen LogP contribution in [0.3, 0.4) is 0 Å². The third kappa shape index (κ3) is 3.39. The maximum atomic E-state index is 12.1. The van der Waals surface area contributed by atoms with Crippen LogP contribution in [0.1, 0.15) is 15.9 Å². The maximum absolute atomic E-state index is 12.1. The van der Waals surface area contributed by atoms with Crippen LogP contribution in [0.2, 0.25) is 0 Å². The fraction of sp³-hybridized carbons (Fsp3) is 0. The Morgan fingerprint density at radius 2 is 1.79 bits per heavy atom. The van der Waals surface area contributed by atoms with Crippen molar-refractivity contribution in [2.75, 3.05) is 5.32 Å². The van der Waals surface area contributed by atoms with E-state index < -0.39 is 0 Å². The van der Waals surface area contributed by atoms with Gasteiger partial charge in [0.05, 0.1) is 5.69 Å². The molecule has 0 aliphatic carbocycles. The van der Waals surface area contributed by atoms with Crippen molar-refractivity contribution in [1.29, 1.82) is 0 Å². The molecule has 0 saturated carbocycles. The van der Waals surface area contributed by atoms with Crippen molar-refractivity contribution in [1.82, 2.24) is 0 Å². The molecule has 0 saturated heterocycles. The van der Waals surface area contributed by atoms with Crippen LogP contribution in [0.5, 0.6) is 0 Å². The Labute approximate surface area is 124 Å². The standard InChI is InChI=1S/C14H11BrN2OS/c15-11-6-1-2-7-12(11)17-14(18)10-5-3-4-9(8-10)13(16)19/h1-8H,(H2,16,19)(H,17,18). The highest BCUT2D eigenvalue weighted by molar-refractivity contribution is 9.10. The van der Waals surface area contributed by atoms with Gasteiger partial charge in [0.25, 0.3) is 5.91 Å². The molecule has 5 heteroatoms. The van der Waals surface area contributed by atoms with E-state index in [1.807, 2.05) is 24.3 Å². The minimum absolute atomic E-state index is 0.204. The molecule has 3 nitrogen and oxygen atoms in total. The number of carbonyl (C=O) groups is 1. The van der Waals surface area contributed by atoms with Crippen LogP contribution in [0.4, 0.5) is 5.69 Å². The number of hydrogen-bond donors (Lipinski definition) is 2. The summed E-state index contributed by atoms with van der Waals surface area (Å²) in [5, 5.41) is 2.82. The van der Waals surface area contributed by atoms with Gasteiger partial charge in [-0.25, -0.2) is 0 Å². The Morgan fingerprint density at radius 3 is 2.47 bits per heavy atom. The van der Waals surface area contributed by atoms with Crippen molar-refractivity contribution >= 4 is 44.7 Å². The van der Waals surface area contributed by atoms with E-state index in [0.29, 0.717) is 16.8 Å². The molecule has 19 heavy (non-hydrogen) atoms. The van der Waals surface area contributed by atoms with E-state index >= 15 is 0 Å². The van der Waals surface area contributed by atoms with Crippen LogP contribution in [0.15, 0.2) is 53.0 Å². The average Bonchev–Trinajstić information content (AvgIpc) is 2.41. The molecule has 0 aromatic heterocycles. The van der Waals surface area contributed by atoms with Gasteiger partial charge in [-0.05, 0) is 40.2 Å². The molecule has 2 aromatic carbocycles. The summed E-state index contributed by atoms with van der Waals surface area (Å²) in [5.74, 6) is -0.204. The Balaban J connectivity index is 2.23. The molecular weight excluding hydrogens is 324 g/mol. The fourth-order valence-electron chi connectivity index (χ4n) is 1.57. The van der Waals surface area contributed by atoms with Crippen LogP contribution in [-0.4, -0.2) is 10.9 Å². The molecule has 0 aliphatic rings. The van der Waals surface area contributed by atoms with E-state index in [1.54, 1.807) is 24.3 Å². The first-order chi connectivity index (χ1) is 9.08. The number of nitrogens with two attached hydrogens (primary N) is 1. The van der Waals surface area contributed by atoms with Gasteiger partial charge in [0.1, 0.15) is 4.99 Å². The van der Waals surface area contributed by atoms with Gasteiger partial charge in [-0.15, -0.1) is 0 Å². The predicted molar refractivity (Wildman–Crippen MR) is 84.4 cm³/mol. The summed E-state index contributed by atoms with van der Waals surface area (Å²) in [6.07, 6.45) is 0. The van der Waals surface area contributed by atoms with Gasteiger partial charge in [-0.2, -0.15) is 0 Å². The first-order valence-corrected chi connectivity index (χ1v) is 6.74. The van der Waals surface area contributed by atoms with Crippen molar-refractivity contribution < 1.29 is 4.79 Å². The molecule has 0 bridgehead atoms. The minimum atomic E-state index is -0.204. The molecule has 0 spiro atoms. The Hall–Kier alpha value is -1.72. The van der Waals surface area contributed by atoms with Crippen molar-refractivity contribution in [2.45, 2.75) is 0 Å². The van der Waals surface area contributed by atoms with Gasteiger partial charge in [0.15, 0.2) is 0 Å². The van der Waals surface area contributed by atoms with Crippen LogP contribution in [0, 0.1) is 0 Å². The SMILES string of the molecule is NC(=S)c1cccc(C(=O)Nc2ccccc2Br)c1. The molecule has 96 valence electrons. The second-order valence-corrected chi connectivity index (χ2v) is 5.17. The first-order valence-electron chi connectivity index (χ1n) is 5.53. The number of rotatable bonds is 3. The van der Waals surface area contributed by atoms with Gasteiger partial charge in [-0.3, -0.25) is 4.79 Å². The topological polar surface area (TPSA) is 55.1 Å². The average molecular weight is 335 g/mol. The third-order valence-corrected chi connectivity index (χ3v) is 3.46. The van der Waals surface area contributed by atoms with Crippen LogP contribution in [-0.2, 0) is 0 Å². The van der Waals surface area contributed by atoms with Crippen molar-refractivity contribution in [3.05, 3.63) is 64.1 Å². The number of halogens is 1. The summed E-state index contributed by atoms with van der Waals surface area (Å²) in [6.45, 7) is 0. The van der Waals surface area contributed by atoms with E-state index in [0.717, 1.165) is 4.47 Å². The lowest BCUT2D eigenvalue weighted by atomic mass is 10.1. The molecule has 3 N–H and O–H groups in total. The van der Waals surface area contributed by atoms with Gasteiger partial charge < -0.3 is 11.1 Å². The number of anilines is 1. The molecule has 2 aromatic rings. The number of thiocarbonyl (C=S) groups is 1. The predicted octanol–water partition coefficient (Wildman–Crippen LogP) is 3.34. The van der Waals surface area contributed by atoms with Gasteiger partial charge in [0, 0.05) is 15.6 Å². The Bertz CT molecular complexity index is 643. The van der Waals surface area contributed by atoms with E-state index in [1.165, 1.54) is 0 Å². The summed E-state index contributed by atoms with van der Waals surface area (Å²) in [6, 6.07) is 14.3. The van der Waals surface area contributed by atoms with Crippen LogP contribution >= 0.6 is 28.1 Å². The normalized spacial score (nSPS) is 9.95. The number of nitrogens with one attached hydrogen (secondary N) is 1. The van der Waals surface area contributed by atoms with E-state index in [9.17, 15) is 4.79 Å². The highest BCUT2D eigenvalue weighted by Crippen LogP contribution is 2.22. The van der Waals surface area contributed by atoms with E-state index in [4.69, 9.17) is 18.0 Å². The zero-order valence-electron chi connectivity index (χ0n) is 9.89. The zero-order chi connectivity index (χ0) is 13.8. The van der Waals surface area contributed by atoms with Crippen molar-refractivity contribution in [3.63, 3.8) is 0 Å². The van der Waals surface area contributed by atoms with Gasteiger partial charge in [-0.1, -0.05) is 36.5 Å². The molecule has 0 aliphatic heterocycles. The molecular formula is C14H11BrN2OS. The molecule has 2 rings (SSSR count). The molecule has 0 atom stereocenters. The number of amides is 1. The smallest absolute Gasteiger partial charge is 0.255 e. The number of para-hydroxylation sites is 1. The zero-order valence-corrected chi connectivity index (χ0v) is 12.3. The summed E-state index contributed by atoms with van der Waals surface area (Å²) in [5.41, 5.74) is 7.46. The van der Waals surface area contributed by atoms with Gasteiger partial charge >= 0.3 is 0 Å². The second-order valence-electron chi connectivity index (χ2n) is 3.88. The lowest BCUT2D eigenvalue weighted by Crippen LogP contribution is -2.15. The van der Waals surface area contributed by atoms with Gasteiger partial charge in [0.2, 0.25) is 0 Å². The Morgan fingerprint density at radius 1 is 1.11 bits per heavy atom. The summed E-state index contributed by atoms with van der Waals surface area (Å²) in [4.78, 5) is 12.4. The number of carbonyl (C=O) groups excluding carboxylic acids is 1. The first kappa shape index (κ1) is 13.7. The summed E-state index contributed by atoms with van der Waals surface area (Å²) < 4.78 is 0.828. The second kappa shape index (κ2) is 5.95. The molecule has 0 heterocycles. The monoisotopic (exact) mass is 334 g/mol. The molecule has 0 fully saturated rings. The van der Waals surface area contributed by atoms with Crippen LogP contribution in [0.25, 0.3) is 0 Å². The highest BCUT2D eigenvalue weighted by Gasteiger charge is 2.09. The fourth-order valence-corrected chi connectivity index (χ4v) is 2.08. The quantitative estimate of drug-likeness (QED) is 0.846. The molecule has 1 amide bonds. The highest BCUT2D eigenvalue weighted by atomic mass is 79.9. The summed E-state index contributed by atoms with van der Waals surface area (Å²) in [7, 11) is 0. The Kier molecular flexibility index (Phi) is 4.29. The molecule has 0 unspecified atom stereocenters. The minimum Gasteiger partial charge on any atom is -0.389 e. The number of benzene rings is 2. The molecule has 0 radical (unpaired) electrons. The van der Waals surface area contributed by atoms with Crippen molar-refractivity contribution in [2.24, 2.45) is 5.73 Å². The largest absolute Gasteiger partial charge is 0.389 e. The summed E-state index contributed by atoms with van der Waals surface area (Å²) >= 11 is 8.28. The van der Waals surface area contributed by atoms with Crippen molar-refractivity contribution in [3.8, 4) is 0 Å². The van der Waals surface area contributed by atoms with E-state index in [2.05, 4.69) is 21.2 Å². The lowest BCUT2D eigenvalue weighted by Gasteiger charge is -2.08.